The highest BCUT2D eigenvalue weighted by molar-refractivity contribution is 6.23. The van der Waals surface area contributed by atoms with E-state index < -0.39 is 12.0 Å². The van der Waals surface area contributed by atoms with E-state index in [1.54, 1.807) is 5.06 Å². The van der Waals surface area contributed by atoms with Crippen molar-refractivity contribution in [2.45, 2.75) is 45.3 Å². The minimum absolute atomic E-state index is 0.135. The van der Waals surface area contributed by atoms with Crippen molar-refractivity contribution in [1.82, 2.24) is 0 Å². The second-order valence-corrected chi connectivity index (χ2v) is 7.27. The van der Waals surface area contributed by atoms with Crippen LogP contribution in [0.25, 0.3) is 0 Å². The van der Waals surface area contributed by atoms with Gasteiger partial charge >= 0.3 is 0 Å². The van der Waals surface area contributed by atoms with Gasteiger partial charge in [-0.05, 0) is 37.6 Å². The molecule has 0 unspecified atom stereocenters. The van der Waals surface area contributed by atoms with E-state index in [1.807, 2.05) is 61.5 Å². The zero-order valence-electron chi connectivity index (χ0n) is 15.7. The van der Waals surface area contributed by atoms with E-state index in [0.29, 0.717) is 5.69 Å². The molecular formula is C22H24N2O3. The number of carbonyl (C=O) groups excluding carboxylic acids is 2. The van der Waals surface area contributed by atoms with Crippen LogP contribution in [0, 0.1) is 12.8 Å². The molecule has 2 fully saturated rings. The predicted octanol–water partition coefficient (Wildman–Crippen LogP) is 3.86. The van der Waals surface area contributed by atoms with E-state index in [2.05, 4.69) is 6.92 Å². The molecule has 0 radical (unpaired) electrons. The highest BCUT2D eigenvalue weighted by Crippen LogP contribution is 2.41. The van der Waals surface area contributed by atoms with E-state index in [4.69, 9.17) is 4.84 Å². The van der Waals surface area contributed by atoms with Crippen LogP contribution in [0.5, 0.6) is 0 Å². The van der Waals surface area contributed by atoms with E-state index in [0.717, 1.165) is 30.5 Å². The molecule has 2 aliphatic heterocycles. The van der Waals surface area contributed by atoms with Crippen molar-refractivity contribution >= 4 is 23.2 Å². The Balaban J connectivity index is 1.66. The summed E-state index contributed by atoms with van der Waals surface area (Å²) < 4.78 is 0. The molecule has 2 amide bonds. The number of aryl methyl sites for hydroxylation is 1. The standard InChI is InChI=1S/C22H24N2O3/c1-3-4-10-18-19-20(27-24(18)17-8-6-5-7-9-17)22(26)23(21(19)25)16-13-11-15(2)12-14-16/h5-9,11-14,18-20H,3-4,10H2,1-2H3/t18-,19+,20+/m1/s1. The Morgan fingerprint density at radius 3 is 2.30 bits per heavy atom. The van der Waals surface area contributed by atoms with Gasteiger partial charge in [-0.2, -0.15) is 0 Å². The van der Waals surface area contributed by atoms with Crippen LogP contribution in [0.15, 0.2) is 54.6 Å². The van der Waals surface area contributed by atoms with Gasteiger partial charge in [-0.15, -0.1) is 0 Å². The van der Waals surface area contributed by atoms with Crippen molar-refractivity contribution < 1.29 is 14.4 Å². The van der Waals surface area contributed by atoms with E-state index in [1.165, 1.54) is 4.90 Å². The van der Waals surface area contributed by atoms with Gasteiger partial charge in [0.1, 0.15) is 0 Å². The van der Waals surface area contributed by atoms with Crippen LogP contribution in [0.1, 0.15) is 31.7 Å². The Morgan fingerprint density at radius 2 is 1.63 bits per heavy atom. The summed E-state index contributed by atoms with van der Waals surface area (Å²) in [6.45, 7) is 4.11. The van der Waals surface area contributed by atoms with Crippen molar-refractivity contribution in [2.24, 2.45) is 5.92 Å². The van der Waals surface area contributed by atoms with Crippen molar-refractivity contribution in [1.29, 1.82) is 0 Å². The number of carbonyl (C=O) groups is 2. The first-order valence-corrected chi connectivity index (χ1v) is 9.57. The topological polar surface area (TPSA) is 49.9 Å². The lowest BCUT2D eigenvalue weighted by atomic mass is 9.92. The Bertz CT molecular complexity index is 834. The average Bonchev–Trinajstić information content (AvgIpc) is 3.18. The van der Waals surface area contributed by atoms with E-state index in [-0.39, 0.29) is 17.9 Å². The summed E-state index contributed by atoms with van der Waals surface area (Å²) in [7, 11) is 0. The number of para-hydroxylation sites is 1. The predicted molar refractivity (Wildman–Crippen MR) is 104 cm³/mol. The summed E-state index contributed by atoms with van der Waals surface area (Å²) in [6.07, 6.45) is 2.07. The Hall–Kier alpha value is -2.66. The molecule has 2 heterocycles. The maximum atomic E-state index is 13.2. The normalized spacial score (nSPS) is 24.6. The fourth-order valence-corrected chi connectivity index (χ4v) is 3.98. The summed E-state index contributed by atoms with van der Waals surface area (Å²) in [5.41, 5.74) is 2.59. The second-order valence-electron chi connectivity index (χ2n) is 7.27. The lowest BCUT2D eigenvalue weighted by Gasteiger charge is -2.28. The Morgan fingerprint density at radius 1 is 0.926 bits per heavy atom. The van der Waals surface area contributed by atoms with Crippen LogP contribution < -0.4 is 9.96 Å². The highest BCUT2D eigenvalue weighted by atomic mass is 16.7. The molecule has 2 aromatic rings. The number of nitrogens with zero attached hydrogens (tertiary/aromatic N) is 2. The van der Waals surface area contributed by atoms with Crippen LogP contribution in [-0.2, 0) is 14.4 Å². The van der Waals surface area contributed by atoms with E-state index in [9.17, 15) is 9.59 Å². The number of imide groups is 1. The Kier molecular flexibility index (Phi) is 4.70. The van der Waals surface area contributed by atoms with Crippen LogP contribution in [-0.4, -0.2) is 24.0 Å². The molecule has 140 valence electrons. The van der Waals surface area contributed by atoms with Gasteiger partial charge in [-0.3, -0.25) is 14.4 Å². The summed E-state index contributed by atoms with van der Waals surface area (Å²) in [4.78, 5) is 33.6. The van der Waals surface area contributed by atoms with Crippen molar-refractivity contribution in [3.8, 4) is 0 Å². The summed E-state index contributed by atoms with van der Waals surface area (Å²) in [5, 5.41) is 1.78. The number of fused-ring (bicyclic) bond motifs is 1. The van der Waals surface area contributed by atoms with Gasteiger partial charge in [-0.1, -0.05) is 55.7 Å². The lowest BCUT2D eigenvalue weighted by molar-refractivity contribution is -0.126. The van der Waals surface area contributed by atoms with E-state index >= 15 is 0 Å². The summed E-state index contributed by atoms with van der Waals surface area (Å²) in [5.74, 6) is -0.896. The zero-order valence-corrected chi connectivity index (χ0v) is 15.7. The minimum Gasteiger partial charge on any atom is -0.273 e. The number of unbranched alkanes of at least 4 members (excludes halogenated alkanes) is 1. The highest BCUT2D eigenvalue weighted by Gasteiger charge is 2.59. The first kappa shape index (κ1) is 17.7. The number of hydrogen-bond acceptors (Lipinski definition) is 4. The molecule has 5 heteroatoms. The largest absolute Gasteiger partial charge is 0.273 e. The molecule has 4 rings (SSSR count). The molecule has 5 nitrogen and oxygen atoms in total. The number of hydroxylamine groups is 1. The van der Waals surface area contributed by atoms with Crippen LogP contribution in [0.4, 0.5) is 11.4 Å². The van der Waals surface area contributed by atoms with Crippen molar-refractivity contribution in [2.75, 3.05) is 9.96 Å². The molecule has 0 spiro atoms. The third-order valence-corrected chi connectivity index (χ3v) is 5.39. The number of amides is 2. The SMILES string of the molecule is CCCC[C@@H]1[C@@H]2C(=O)N(c3ccc(C)cc3)C(=O)[C@H]2ON1c1ccccc1. The van der Waals surface area contributed by atoms with Crippen LogP contribution in [0.3, 0.4) is 0 Å². The maximum absolute atomic E-state index is 13.2. The molecule has 0 N–H and O–H groups in total. The molecule has 0 saturated carbocycles. The molecule has 27 heavy (non-hydrogen) atoms. The van der Waals surface area contributed by atoms with Crippen LogP contribution >= 0.6 is 0 Å². The number of anilines is 2. The number of rotatable bonds is 5. The van der Waals surface area contributed by atoms with Crippen molar-refractivity contribution in [3.63, 3.8) is 0 Å². The fourth-order valence-electron chi connectivity index (χ4n) is 3.98. The molecule has 0 aliphatic carbocycles. The molecule has 2 aliphatic rings. The monoisotopic (exact) mass is 364 g/mol. The smallest absolute Gasteiger partial charge is 0.266 e. The van der Waals surface area contributed by atoms with Gasteiger partial charge < -0.3 is 0 Å². The molecule has 0 aromatic heterocycles. The second kappa shape index (κ2) is 7.16. The van der Waals surface area contributed by atoms with Gasteiger partial charge in [0.05, 0.1) is 23.3 Å². The number of hydrogen-bond donors (Lipinski definition) is 0. The van der Waals surface area contributed by atoms with Crippen LogP contribution in [0.2, 0.25) is 0 Å². The van der Waals surface area contributed by atoms with Gasteiger partial charge in [0.15, 0.2) is 6.10 Å². The molecule has 0 bridgehead atoms. The maximum Gasteiger partial charge on any atom is 0.266 e. The summed E-state index contributed by atoms with van der Waals surface area (Å²) >= 11 is 0. The first-order chi connectivity index (χ1) is 13.1. The number of benzene rings is 2. The lowest BCUT2D eigenvalue weighted by Crippen LogP contribution is -2.40. The molecule has 2 aromatic carbocycles. The quantitative estimate of drug-likeness (QED) is 0.756. The third-order valence-electron chi connectivity index (χ3n) is 5.39. The molecule has 2 saturated heterocycles. The van der Waals surface area contributed by atoms with Crippen molar-refractivity contribution in [3.05, 3.63) is 60.2 Å². The first-order valence-electron chi connectivity index (χ1n) is 9.57. The van der Waals surface area contributed by atoms with Gasteiger partial charge in [0.2, 0.25) is 5.91 Å². The molecular weight excluding hydrogens is 340 g/mol. The minimum atomic E-state index is -0.749. The average molecular weight is 364 g/mol. The van der Waals surface area contributed by atoms with Gasteiger partial charge in [0.25, 0.3) is 5.91 Å². The summed E-state index contributed by atoms with van der Waals surface area (Å²) in [6, 6.07) is 17.0. The zero-order chi connectivity index (χ0) is 19.0. The third kappa shape index (κ3) is 3.02. The fraction of sp³-hybridized carbons (Fsp3) is 0.364. The van der Waals surface area contributed by atoms with Gasteiger partial charge in [0, 0.05) is 0 Å². The van der Waals surface area contributed by atoms with Gasteiger partial charge in [-0.25, -0.2) is 9.96 Å². The molecule has 3 atom stereocenters. The Labute approximate surface area is 159 Å².